The van der Waals surface area contributed by atoms with Crippen molar-refractivity contribution in [3.63, 3.8) is 0 Å². The summed E-state index contributed by atoms with van der Waals surface area (Å²) in [6, 6.07) is 5.67. The van der Waals surface area contributed by atoms with E-state index in [2.05, 4.69) is 4.90 Å². The summed E-state index contributed by atoms with van der Waals surface area (Å²) in [6.45, 7) is 1.47. The second-order valence-electron chi connectivity index (χ2n) is 4.37. The van der Waals surface area contributed by atoms with E-state index in [0.717, 1.165) is 30.2 Å². The summed E-state index contributed by atoms with van der Waals surface area (Å²) in [4.78, 5) is 13.3. The number of ether oxygens (including phenoxy) is 2. The van der Waals surface area contributed by atoms with Crippen molar-refractivity contribution in [1.82, 2.24) is 0 Å². The lowest BCUT2D eigenvalue weighted by Gasteiger charge is -2.21. The molecule has 1 aliphatic heterocycles. The third-order valence-corrected chi connectivity index (χ3v) is 3.32. The number of nitrogens with zero attached hydrogens (tertiary/aromatic N) is 1. The average Bonchev–Trinajstić information content (AvgIpc) is 2.87. The van der Waals surface area contributed by atoms with Crippen LogP contribution in [0.15, 0.2) is 18.2 Å². The Labute approximate surface area is 106 Å². The maximum absolute atomic E-state index is 11.2. The second-order valence-corrected chi connectivity index (χ2v) is 4.37. The van der Waals surface area contributed by atoms with Crippen LogP contribution >= 0.6 is 0 Å². The van der Waals surface area contributed by atoms with Gasteiger partial charge in [-0.1, -0.05) is 0 Å². The molecule has 1 atom stereocenters. The molecule has 1 saturated heterocycles. The molecule has 0 bridgehead atoms. The molecular weight excluding hydrogens is 232 g/mol. The average molecular weight is 250 g/mol. The van der Waals surface area contributed by atoms with E-state index in [9.17, 15) is 4.79 Å². The molecule has 1 aromatic rings. The first-order valence-corrected chi connectivity index (χ1v) is 5.92. The van der Waals surface area contributed by atoms with Gasteiger partial charge < -0.3 is 20.1 Å². The topological polar surface area (TPSA) is 64.8 Å². The van der Waals surface area contributed by atoms with Gasteiger partial charge in [-0.05, 0) is 18.6 Å². The standard InChI is InChI=1S/C13H18N2O3/c1-17-10-3-4-11(12(7-10)18-2)15-6-5-9(8-15)13(14)16/h3-4,7,9H,5-6,8H2,1-2H3,(H2,14,16). The summed E-state index contributed by atoms with van der Waals surface area (Å²) >= 11 is 0. The van der Waals surface area contributed by atoms with Crippen LogP contribution in [0, 0.1) is 5.92 Å². The monoisotopic (exact) mass is 250 g/mol. The zero-order valence-electron chi connectivity index (χ0n) is 10.7. The Bertz CT molecular complexity index is 448. The Hall–Kier alpha value is -1.91. The van der Waals surface area contributed by atoms with Crippen molar-refractivity contribution < 1.29 is 14.3 Å². The van der Waals surface area contributed by atoms with Crippen LogP contribution in [-0.4, -0.2) is 33.2 Å². The van der Waals surface area contributed by atoms with Gasteiger partial charge in [0.05, 0.1) is 25.8 Å². The number of amides is 1. The van der Waals surface area contributed by atoms with Crippen LogP contribution in [0.2, 0.25) is 0 Å². The van der Waals surface area contributed by atoms with Crippen molar-refractivity contribution in [3.05, 3.63) is 18.2 Å². The SMILES string of the molecule is COc1ccc(N2CCC(C(N)=O)C2)c(OC)c1. The quantitative estimate of drug-likeness (QED) is 0.866. The first-order chi connectivity index (χ1) is 8.65. The highest BCUT2D eigenvalue weighted by atomic mass is 16.5. The maximum Gasteiger partial charge on any atom is 0.222 e. The highest BCUT2D eigenvalue weighted by Crippen LogP contribution is 2.35. The molecule has 5 heteroatoms. The van der Waals surface area contributed by atoms with Gasteiger partial charge in [0.15, 0.2) is 0 Å². The Kier molecular flexibility index (Phi) is 3.60. The molecule has 1 aromatic carbocycles. The Morgan fingerprint density at radius 3 is 2.72 bits per heavy atom. The number of carbonyl (C=O) groups is 1. The molecule has 1 aliphatic rings. The Morgan fingerprint density at radius 2 is 2.17 bits per heavy atom. The number of primary amides is 1. The fourth-order valence-electron chi connectivity index (χ4n) is 2.26. The number of benzene rings is 1. The van der Waals surface area contributed by atoms with E-state index in [-0.39, 0.29) is 11.8 Å². The molecule has 1 heterocycles. The van der Waals surface area contributed by atoms with Gasteiger partial charge in [-0.15, -0.1) is 0 Å². The zero-order valence-corrected chi connectivity index (χ0v) is 10.7. The van der Waals surface area contributed by atoms with Crippen LogP contribution in [-0.2, 0) is 4.79 Å². The molecule has 1 amide bonds. The highest BCUT2D eigenvalue weighted by Gasteiger charge is 2.28. The van der Waals surface area contributed by atoms with E-state index in [1.165, 1.54) is 0 Å². The van der Waals surface area contributed by atoms with E-state index < -0.39 is 0 Å². The number of anilines is 1. The van der Waals surface area contributed by atoms with Crippen molar-refractivity contribution in [1.29, 1.82) is 0 Å². The van der Waals surface area contributed by atoms with Crippen LogP contribution in [0.1, 0.15) is 6.42 Å². The number of nitrogens with two attached hydrogens (primary N) is 1. The third kappa shape index (κ3) is 2.34. The van der Waals surface area contributed by atoms with Gasteiger partial charge in [-0.2, -0.15) is 0 Å². The number of rotatable bonds is 4. The number of carbonyl (C=O) groups excluding carboxylic acids is 1. The van der Waals surface area contributed by atoms with Crippen LogP contribution in [0.25, 0.3) is 0 Å². The van der Waals surface area contributed by atoms with Crippen LogP contribution in [0.4, 0.5) is 5.69 Å². The number of methoxy groups -OCH3 is 2. The normalized spacial score (nSPS) is 18.8. The minimum Gasteiger partial charge on any atom is -0.497 e. The van der Waals surface area contributed by atoms with Gasteiger partial charge in [0.1, 0.15) is 11.5 Å². The summed E-state index contributed by atoms with van der Waals surface area (Å²) in [7, 11) is 3.24. The van der Waals surface area contributed by atoms with Crippen molar-refractivity contribution >= 4 is 11.6 Å². The van der Waals surface area contributed by atoms with Crippen molar-refractivity contribution in [2.24, 2.45) is 11.7 Å². The molecule has 1 unspecified atom stereocenters. The molecule has 0 aliphatic carbocycles. The first-order valence-electron chi connectivity index (χ1n) is 5.92. The minimum absolute atomic E-state index is 0.0724. The second kappa shape index (κ2) is 5.16. The summed E-state index contributed by atoms with van der Waals surface area (Å²) in [5, 5.41) is 0. The molecule has 1 fully saturated rings. The van der Waals surface area contributed by atoms with E-state index in [0.29, 0.717) is 6.54 Å². The number of hydrogen-bond donors (Lipinski definition) is 1. The molecule has 98 valence electrons. The van der Waals surface area contributed by atoms with Gasteiger partial charge >= 0.3 is 0 Å². The zero-order chi connectivity index (χ0) is 13.1. The van der Waals surface area contributed by atoms with Crippen LogP contribution in [0.5, 0.6) is 11.5 Å². The van der Waals surface area contributed by atoms with Crippen molar-refractivity contribution in [2.75, 3.05) is 32.2 Å². The minimum atomic E-state index is -0.232. The lowest BCUT2D eigenvalue weighted by Crippen LogP contribution is -2.27. The van der Waals surface area contributed by atoms with E-state index in [1.54, 1.807) is 14.2 Å². The van der Waals surface area contributed by atoms with Gasteiger partial charge in [-0.3, -0.25) is 4.79 Å². The van der Waals surface area contributed by atoms with Gasteiger partial charge in [-0.25, -0.2) is 0 Å². The van der Waals surface area contributed by atoms with Crippen LogP contribution < -0.4 is 20.1 Å². The lowest BCUT2D eigenvalue weighted by molar-refractivity contribution is -0.121. The maximum atomic E-state index is 11.2. The highest BCUT2D eigenvalue weighted by molar-refractivity contribution is 5.78. The largest absolute Gasteiger partial charge is 0.497 e. The summed E-state index contributed by atoms with van der Waals surface area (Å²) in [5.41, 5.74) is 6.31. The molecule has 0 spiro atoms. The van der Waals surface area contributed by atoms with Crippen molar-refractivity contribution in [2.45, 2.75) is 6.42 Å². The van der Waals surface area contributed by atoms with Gasteiger partial charge in [0.2, 0.25) is 5.91 Å². The Morgan fingerprint density at radius 1 is 1.39 bits per heavy atom. The summed E-state index contributed by atoms with van der Waals surface area (Å²) < 4.78 is 10.5. The molecular formula is C13H18N2O3. The molecule has 2 N–H and O–H groups in total. The lowest BCUT2D eigenvalue weighted by atomic mass is 10.1. The van der Waals surface area contributed by atoms with E-state index in [1.807, 2.05) is 18.2 Å². The van der Waals surface area contributed by atoms with Crippen molar-refractivity contribution in [3.8, 4) is 11.5 Å². The molecule has 0 aromatic heterocycles. The van der Waals surface area contributed by atoms with Crippen LogP contribution in [0.3, 0.4) is 0 Å². The third-order valence-electron chi connectivity index (χ3n) is 3.32. The molecule has 2 rings (SSSR count). The predicted octanol–water partition coefficient (Wildman–Crippen LogP) is 1.02. The van der Waals surface area contributed by atoms with Gasteiger partial charge in [0.25, 0.3) is 0 Å². The number of hydrogen-bond acceptors (Lipinski definition) is 4. The summed E-state index contributed by atoms with van der Waals surface area (Å²) in [6.07, 6.45) is 0.796. The summed E-state index contributed by atoms with van der Waals surface area (Å²) in [5.74, 6) is 1.20. The predicted molar refractivity (Wildman–Crippen MR) is 69.1 cm³/mol. The molecule has 18 heavy (non-hydrogen) atoms. The Balaban J connectivity index is 2.21. The fraction of sp³-hybridized carbons (Fsp3) is 0.462. The van der Waals surface area contributed by atoms with E-state index >= 15 is 0 Å². The van der Waals surface area contributed by atoms with E-state index in [4.69, 9.17) is 15.2 Å². The molecule has 5 nitrogen and oxygen atoms in total. The smallest absolute Gasteiger partial charge is 0.222 e. The first kappa shape index (κ1) is 12.5. The molecule has 0 saturated carbocycles. The fourth-order valence-corrected chi connectivity index (χ4v) is 2.26. The van der Waals surface area contributed by atoms with Gasteiger partial charge in [0, 0.05) is 19.2 Å². The molecule has 0 radical (unpaired) electrons.